The van der Waals surface area contributed by atoms with Crippen molar-refractivity contribution in [2.24, 2.45) is 5.92 Å². The number of nitrogens with zero attached hydrogens (tertiary/aromatic N) is 1. The number of ether oxygens (including phenoxy) is 1. The summed E-state index contributed by atoms with van der Waals surface area (Å²) in [6.07, 6.45) is 2.52. The normalized spacial score (nSPS) is 24.0. The Kier molecular flexibility index (Phi) is 6.43. The second kappa shape index (κ2) is 7.84. The topological polar surface area (TPSA) is 108 Å². The molecule has 1 saturated heterocycles. The average molecular weight is 325 g/mol. The molecule has 0 aliphatic carbocycles. The number of carbonyl (C=O) groups excluding carboxylic acids is 3. The van der Waals surface area contributed by atoms with Gasteiger partial charge in [0.15, 0.2) is 16.6 Å². The fraction of sp³-hybridized carbons (Fsp3) is 0.643. The second-order valence-electron chi connectivity index (χ2n) is 5.14. The third-order valence-electron chi connectivity index (χ3n) is 3.54. The number of rotatable bonds is 7. The van der Waals surface area contributed by atoms with E-state index in [1.165, 1.54) is 0 Å². The fourth-order valence-electron chi connectivity index (χ4n) is 2.42. The van der Waals surface area contributed by atoms with Crippen LogP contribution in [0, 0.1) is 17.2 Å². The van der Waals surface area contributed by atoms with Gasteiger partial charge in [0.25, 0.3) is 0 Å². The van der Waals surface area contributed by atoms with Gasteiger partial charge in [0.1, 0.15) is 5.78 Å². The van der Waals surface area contributed by atoms with E-state index in [1.54, 1.807) is 6.07 Å². The lowest BCUT2D eigenvalue weighted by Gasteiger charge is -2.38. The number of thiocarbonyl (C=S) groups is 1. The molecule has 2 N–H and O–H groups in total. The summed E-state index contributed by atoms with van der Waals surface area (Å²) in [4.78, 5) is 36.3. The SMILES string of the molecule is CCCCCC(=O)C[C@@]1(C(=O)OC)NC(=S)NC(=O)[C@@H]1C#N. The van der Waals surface area contributed by atoms with E-state index in [9.17, 15) is 19.6 Å². The predicted molar refractivity (Wildman–Crippen MR) is 81.5 cm³/mol. The largest absolute Gasteiger partial charge is 0.467 e. The Morgan fingerprint density at radius 3 is 2.68 bits per heavy atom. The maximum absolute atomic E-state index is 12.2. The number of esters is 1. The number of nitrogens with one attached hydrogen (secondary N) is 2. The van der Waals surface area contributed by atoms with Crippen molar-refractivity contribution in [3.8, 4) is 6.07 Å². The maximum Gasteiger partial charge on any atom is 0.333 e. The molecule has 1 rings (SSSR count). The first-order chi connectivity index (χ1) is 10.4. The van der Waals surface area contributed by atoms with Gasteiger partial charge in [0, 0.05) is 12.8 Å². The summed E-state index contributed by atoms with van der Waals surface area (Å²) in [5, 5.41) is 14.0. The van der Waals surface area contributed by atoms with E-state index in [2.05, 4.69) is 10.6 Å². The van der Waals surface area contributed by atoms with E-state index in [0.29, 0.717) is 6.42 Å². The first-order valence-electron chi connectivity index (χ1n) is 7.04. The van der Waals surface area contributed by atoms with Gasteiger partial charge in [-0.2, -0.15) is 5.26 Å². The summed E-state index contributed by atoms with van der Waals surface area (Å²) < 4.78 is 4.70. The number of hydrogen-bond acceptors (Lipinski definition) is 6. The molecule has 7 nitrogen and oxygen atoms in total. The van der Waals surface area contributed by atoms with Crippen LogP contribution in [0.4, 0.5) is 0 Å². The lowest BCUT2D eigenvalue weighted by Crippen LogP contribution is -2.70. The summed E-state index contributed by atoms with van der Waals surface area (Å²) in [6, 6.07) is 1.77. The van der Waals surface area contributed by atoms with Crippen LogP contribution < -0.4 is 10.6 Å². The Balaban J connectivity index is 3.05. The summed E-state index contributed by atoms with van der Waals surface area (Å²) in [6.45, 7) is 2.01. The minimum absolute atomic E-state index is 0.0942. The molecular weight excluding hydrogens is 306 g/mol. The smallest absolute Gasteiger partial charge is 0.333 e. The van der Waals surface area contributed by atoms with Crippen LogP contribution in [0.15, 0.2) is 0 Å². The highest BCUT2D eigenvalue weighted by Crippen LogP contribution is 2.28. The highest BCUT2D eigenvalue weighted by molar-refractivity contribution is 7.80. The minimum atomic E-state index is -1.76. The van der Waals surface area contributed by atoms with Crippen molar-refractivity contribution < 1.29 is 19.1 Å². The maximum atomic E-state index is 12.2. The van der Waals surface area contributed by atoms with Gasteiger partial charge in [-0.05, 0) is 18.6 Å². The number of Topliss-reactive ketones (excluding diaryl/α,β-unsaturated/α-hetero) is 1. The van der Waals surface area contributed by atoms with Crippen LogP contribution in [-0.2, 0) is 19.1 Å². The van der Waals surface area contributed by atoms with E-state index >= 15 is 0 Å². The molecule has 0 aromatic heterocycles. The molecule has 120 valence electrons. The minimum Gasteiger partial charge on any atom is -0.467 e. The molecule has 1 aliphatic rings. The van der Waals surface area contributed by atoms with Crippen molar-refractivity contribution in [1.29, 1.82) is 5.26 Å². The van der Waals surface area contributed by atoms with Crippen LogP contribution in [0.1, 0.15) is 39.0 Å². The highest BCUT2D eigenvalue weighted by atomic mass is 32.1. The summed E-state index contributed by atoms with van der Waals surface area (Å²) >= 11 is 4.89. The Labute approximate surface area is 134 Å². The molecule has 22 heavy (non-hydrogen) atoms. The lowest BCUT2D eigenvalue weighted by atomic mass is 9.78. The molecular formula is C14H19N3O4S. The fourth-order valence-corrected chi connectivity index (χ4v) is 2.71. The number of nitriles is 1. The summed E-state index contributed by atoms with van der Waals surface area (Å²) in [5.41, 5.74) is -1.76. The zero-order chi connectivity index (χ0) is 16.8. The van der Waals surface area contributed by atoms with Gasteiger partial charge in [-0.15, -0.1) is 0 Å². The van der Waals surface area contributed by atoms with Gasteiger partial charge in [-0.3, -0.25) is 9.59 Å². The molecule has 8 heteroatoms. The van der Waals surface area contributed by atoms with E-state index in [-0.39, 0.29) is 23.7 Å². The number of amides is 1. The summed E-state index contributed by atoms with van der Waals surface area (Å²) in [5.74, 6) is -3.16. The van der Waals surface area contributed by atoms with Gasteiger partial charge >= 0.3 is 5.97 Å². The van der Waals surface area contributed by atoms with Gasteiger partial charge in [0.2, 0.25) is 5.91 Å². The first-order valence-corrected chi connectivity index (χ1v) is 7.44. The molecule has 1 heterocycles. The Morgan fingerprint density at radius 2 is 2.14 bits per heavy atom. The van der Waals surface area contributed by atoms with Crippen molar-refractivity contribution in [2.45, 2.75) is 44.6 Å². The molecule has 0 bridgehead atoms. The molecule has 1 fully saturated rings. The first kappa shape index (κ1) is 18.0. The van der Waals surface area contributed by atoms with Crippen molar-refractivity contribution >= 4 is 35.0 Å². The standard InChI is InChI=1S/C14H19N3O4S/c1-3-4-5-6-9(18)7-14(12(20)21-2)10(8-15)11(19)16-13(22)17-14/h10H,3-7H2,1-2H3,(H2,16,17,19,22)/t10-,14+/m0/s1. The van der Waals surface area contributed by atoms with Crippen LogP contribution in [0.25, 0.3) is 0 Å². The van der Waals surface area contributed by atoms with Crippen LogP contribution in [0.3, 0.4) is 0 Å². The molecule has 1 amide bonds. The van der Waals surface area contributed by atoms with Crippen LogP contribution in [0.2, 0.25) is 0 Å². The van der Waals surface area contributed by atoms with Crippen LogP contribution >= 0.6 is 12.2 Å². The van der Waals surface area contributed by atoms with E-state index in [4.69, 9.17) is 17.0 Å². The highest BCUT2D eigenvalue weighted by Gasteiger charge is 2.55. The monoisotopic (exact) mass is 325 g/mol. The van der Waals surface area contributed by atoms with Gasteiger partial charge in [0.05, 0.1) is 13.2 Å². The average Bonchev–Trinajstić information content (AvgIpc) is 2.46. The van der Waals surface area contributed by atoms with Crippen LogP contribution in [0.5, 0.6) is 0 Å². The second-order valence-corrected chi connectivity index (χ2v) is 5.55. The number of hydrogen-bond donors (Lipinski definition) is 2. The summed E-state index contributed by atoms with van der Waals surface area (Å²) in [7, 11) is 1.14. The lowest BCUT2D eigenvalue weighted by molar-refractivity contribution is -0.154. The zero-order valence-corrected chi connectivity index (χ0v) is 13.4. The third-order valence-corrected chi connectivity index (χ3v) is 3.75. The van der Waals surface area contributed by atoms with Crippen LogP contribution in [-0.4, -0.2) is 35.4 Å². The Bertz CT molecular complexity index is 529. The number of unbranched alkanes of at least 4 members (excludes halogenated alkanes) is 2. The van der Waals surface area contributed by atoms with Crippen molar-refractivity contribution in [3.63, 3.8) is 0 Å². The molecule has 2 atom stereocenters. The molecule has 0 aromatic rings. The van der Waals surface area contributed by atoms with Crippen molar-refractivity contribution in [1.82, 2.24) is 10.6 Å². The molecule has 0 saturated carbocycles. The van der Waals surface area contributed by atoms with E-state index < -0.39 is 23.3 Å². The zero-order valence-electron chi connectivity index (χ0n) is 12.6. The Morgan fingerprint density at radius 1 is 1.45 bits per heavy atom. The predicted octanol–water partition coefficient (Wildman–Crippen LogP) is 0.582. The molecule has 0 radical (unpaired) electrons. The molecule has 0 spiro atoms. The quantitative estimate of drug-likeness (QED) is 0.400. The third kappa shape index (κ3) is 3.80. The van der Waals surface area contributed by atoms with E-state index in [0.717, 1.165) is 20.0 Å². The van der Waals surface area contributed by atoms with Gasteiger partial charge in [-0.25, -0.2) is 4.79 Å². The van der Waals surface area contributed by atoms with Gasteiger partial charge in [-0.1, -0.05) is 19.8 Å². The number of methoxy groups -OCH3 is 1. The number of ketones is 1. The van der Waals surface area contributed by atoms with E-state index in [1.807, 2.05) is 6.92 Å². The molecule has 0 aromatic carbocycles. The number of carbonyl (C=O) groups is 3. The van der Waals surface area contributed by atoms with Crippen molar-refractivity contribution in [3.05, 3.63) is 0 Å². The Hall–Kier alpha value is -2.01. The molecule has 1 aliphatic heterocycles. The van der Waals surface area contributed by atoms with Crippen molar-refractivity contribution in [2.75, 3.05) is 7.11 Å². The molecule has 0 unspecified atom stereocenters. The van der Waals surface area contributed by atoms with Gasteiger partial charge < -0.3 is 15.4 Å².